The van der Waals surface area contributed by atoms with Gasteiger partial charge in [-0.3, -0.25) is 0 Å². The maximum atomic E-state index is 13.9. The van der Waals surface area contributed by atoms with Gasteiger partial charge in [0.15, 0.2) is 11.6 Å². The number of halogens is 1. The Morgan fingerprint density at radius 3 is 2.62 bits per heavy atom. The molecule has 3 heteroatoms. The van der Waals surface area contributed by atoms with E-state index >= 15 is 0 Å². The van der Waals surface area contributed by atoms with Crippen molar-refractivity contribution in [2.24, 2.45) is 0 Å². The minimum absolute atomic E-state index is 0.200. The summed E-state index contributed by atoms with van der Waals surface area (Å²) in [6.07, 6.45) is 0.856. The fourth-order valence-electron chi connectivity index (χ4n) is 2.16. The largest absolute Gasteiger partial charge is 0.481 e. The lowest BCUT2D eigenvalue weighted by atomic mass is 10.1. The number of nitrogens with one attached hydrogen (secondary N) is 1. The van der Waals surface area contributed by atoms with E-state index in [9.17, 15) is 4.39 Å². The highest BCUT2D eigenvalue weighted by atomic mass is 19.1. The Kier molecular flexibility index (Phi) is 5.76. The highest BCUT2D eigenvalue weighted by molar-refractivity contribution is 5.30. The number of hydrogen-bond donors (Lipinski definition) is 1. The molecule has 2 rings (SSSR count). The fraction of sp³-hybridized carbons (Fsp3) is 0.333. The Balaban J connectivity index is 2.17. The van der Waals surface area contributed by atoms with Crippen LogP contribution in [-0.2, 0) is 0 Å². The second kappa shape index (κ2) is 7.79. The molecule has 2 aromatic rings. The summed E-state index contributed by atoms with van der Waals surface area (Å²) in [5.74, 6) is -0.0147. The second-order valence-corrected chi connectivity index (χ2v) is 5.16. The number of hydrogen-bond acceptors (Lipinski definition) is 2. The van der Waals surface area contributed by atoms with Gasteiger partial charge in [0.05, 0.1) is 0 Å². The van der Waals surface area contributed by atoms with Crippen LogP contribution in [0.4, 0.5) is 4.39 Å². The third kappa shape index (κ3) is 4.57. The third-order valence-electron chi connectivity index (χ3n) is 3.28. The van der Waals surface area contributed by atoms with E-state index in [2.05, 4.69) is 12.2 Å². The molecule has 0 aliphatic rings. The summed E-state index contributed by atoms with van der Waals surface area (Å²) in [4.78, 5) is 0. The monoisotopic (exact) mass is 287 g/mol. The van der Waals surface area contributed by atoms with Crippen molar-refractivity contribution >= 4 is 0 Å². The van der Waals surface area contributed by atoms with E-state index in [0.717, 1.165) is 24.1 Å². The quantitative estimate of drug-likeness (QED) is 0.769. The first kappa shape index (κ1) is 15.5. The molecule has 1 N–H and O–H groups in total. The first-order chi connectivity index (χ1) is 10.2. The van der Waals surface area contributed by atoms with Crippen LogP contribution in [0, 0.1) is 12.7 Å². The van der Waals surface area contributed by atoms with Gasteiger partial charge in [-0.1, -0.05) is 43.3 Å². The van der Waals surface area contributed by atoms with E-state index in [0.29, 0.717) is 12.3 Å². The van der Waals surface area contributed by atoms with Crippen molar-refractivity contribution in [3.8, 4) is 5.75 Å². The first-order valence-electron chi connectivity index (χ1n) is 7.39. The molecule has 21 heavy (non-hydrogen) atoms. The van der Waals surface area contributed by atoms with Crippen LogP contribution in [0.15, 0.2) is 48.5 Å². The molecule has 0 fully saturated rings. The standard InChI is InChI=1S/C18H22FNO/c1-3-11-20-13-18(15-7-5-4-6-8-15)21-17-12-14(2)9-10-16(17)19/h4-10,12,18,20H,3,11,13H2,1-2H3. The van der Waals surface area contributed by atoms with E-state index < -0.39 is 0 Å². The van der Waals surface area contributed by atoms with Gasteiger partial charge in [0.2, 0.25) is 0 Å². The summed E-state index contributed by atoms with van der Waals surface area (Å²) < 4.78 is 19.8. The number of benzene rings is 2. The van der Waals surface area contributed by atoms with Crippen molar-refractivity contribution in [2.75, 3.05) is 13.1 Å². The molecular formula is C18H22FNO. The Morgan fingerprint density at radius 1 is 1.14 bits per heavy atom. The Bertz CT molecular complexity index is 556. The van der Waals surface area contributed by atoms with Crippen molar-refractivity contribution < 1.29 is 9.13 Å². The topological polar surface area (TPSA) is 21.3 Å². The Morgan fingerprint density at radius 2 is 1.90 bits per heavy atom. The molecule has 1 atom stereocenters. The average Bonchev–Trinajstić information content (AvgIpc) is 2.51. The minimum Gasteiger partial charge on any atom is -0.481 e. The average molecular weight is 287 g/mol. The predicted octanol–water partition coefficient (Wildman–Crippen LogP) is 4.25. The fourth-order valence-corrected chi connectivity index (χ4v) is 2.16. The van der Waals surface area contributed by atoms with Gasteiger partial charge in [-0.25, -0.2) is 4.39 Å². The number of aryl methyl sites for hydroxylation is 1. The third-order valence-corrected chi connectivity index (χ3v) is 3.28. The first-order valence-corrected chi connectivity index (χ1v) is 7.39. The highest BCUT2D eigenvalue weighted by Crippen LogP contribution is 2.25. The van der Waals surface area contributed by atoms with Crippen molar-refractivity contribution in [3.05, 3.63) is 65.5 Å². The van der Waals surface area contributed by atoms with E-state index in [1.54, 1.807) is 12.1 Å². The molecule has 112 valence electrons. The summed E-state index contributed by atoms with van der Waals surface area (Å²) in [7, 11) is 0. The number of ether oxygens (including phenoxy) is 1. The Hall–Kier alpha value is -1.87. The van der Waals surface area contributed by atoms with Crippen LogP contribution in [0.1, 0.15) is 30.6 Å². The lowest BCUT2D eigenvalue weighted by Gasteiger charge is -2.21. The molecule has 0 aliphatic carbocycles. The zero-order chi connectivity index (χ0) is 15.1. The smallest absolute Gasteiger partial charge is 0.165 e. The van der Waals surface area contributed by atoms with Crippen LogP contribution in [0.3, 0.4) is 0 Å². The van der Waals surface area contributed by atoms with Gasteiger partial charge < -0.3 is 10.1 Å². The maximum Gasteiger partial charge on any atom is 0.165 e. The molecule has 2 aromatic carbocycles. The van der Waals surface area contributed by atoms with Gasteiger partial charge in [0.1, 0.15) is 6.10 Å². The van der Waals surface area contributed by atoms with E-state index in [-0.39, 0.29) is 11.9 Å². The molecule has 0 aromatic heterocycles. The zero-order valence-corrected chi connectivity index (χ0v) is 12.6. The zero-order valence-electron chi connectivity index (χ0n) is 12.6. The van der Waals surface area contributed by atoms with Crippen molar-refractivity contribution in [1.29, 1.82) is 0 Å². The van der Waals surface area contributed by atoms with E-state index in [4.69, 9.17) is 4.74 Å². The molecular weight excluding hydrogens is 265 g/mol. The lowest BCUT2D eigenvalue weighted by Crippen LogP contribution is -2.26. The molecule has 0 amide bonds. The Labute approximate surface area is 126 Å². The van der Waals surface area contributed by atoms with E-state index in [1.165, 1.54) is 6.07 Å². The summed E-state index contributed by atoms with van der Waals surface area (Å²) in [5.41, 5.74) is 2.03. The van der Waals surface area contributed by atoms with Crippen LogP contribution < -0.4 is 10.1 Å². The lowest BCUT2D eigenvalue weighted by molar-refractivity contribution is 0.193. The van der Waals surface area contributed by atoms with Gasteiger partial charge >= 0.3 is 0 Å². The molecule has 0 spiro atoms. The molecule has 0 saturated carbocycles. The summed E-state index contributed by atoms with van der Waals surface area (Å²) >= 11 is 0. The van der Waals surface area contributed by atoms with Gasteiger partial charge in [0, 0.05) is 6.54 Å². The molecule has 0 radical (unpaired) electrons. The molecule has 0 aliphatic heterocycles. The molecule has 0 heterocycles. The van der Waals surface area contributed by atoms with E-state index in [1.807, 2.05) is 37.3 Å². The molecule has 0 saturated heterocycles. The van der Waals surface area contributed by atoms with Crippen LogP contribution in [0.2, 0.25) is 0 Å². The molecule has 1 unspecified atom stereocenters. The van der Waals surface area contributed by atoms with Crippen molar-refractivity contribution in [3.63, 3.8) is 0 Å². The molecule has 2 nitrogen and oxygen atoms in total. The predicted molar refractivity (Wildman–Crippen MR) is 84.1 cm³/mol. The molecule has 0 bridgehead atoms. The van der Waals surface area contributed by atoms with Crippen LogP contribution in [0.5, 0.6) is 5.75 Å². The maximum absolute atomic E-state index is 13.9. The van der Waals surface area contributed by atoms with Crippen LogP contribution in [-0.4, -0.2) is 13.1 Å². The SMILES string of the molecule is CCCNCC(Oc1cc(C)ccc1F)c1ccccc1. The van der Waals surface area contributed by atoms with Crippen LogP contribution in [0.25, 0.3) is 0 Å². The van der Waals surface area contributed by atoms with Gasteiger partial charge in [-0.05, 0) is 43.1 Å². The van der Waals surface area contributed by atoms with Crippen LogP contribution >= 0.6 is 0 Å². The minimum atomic E-state index is -0.322. The van der Waals surface area contributed by atoms with Crippen molar-refractivity contribution in [1.82, 2.24) is 5.32 Å². The summed E-state index contributed by atoms with van der Waals surface area (Å²) in [6, 6.07) is 14.9. The second-order valence-electron chi connectivity index (χ2n) is 5.16. The van der Waals surface area contributed by atoms with Gasteiger partial charge in [0.25, 0.3) is 0 Å². The van der Waals surface area contributed by atoms with Gasteiger partial charge in [-0.15, -0.1) is 0 Å². The number of rotatable bonds is 7. The normalized spacial score (nSPS) is 12.1. The summed E-state index contributed by atoms with van der Waals surface area (Å²) in [5, 5.41) is 3.34. The summed E-state index contributed by atoms with van der Waals surface area (Å²) in [6.45, 7) is 5.62. The highest BCUT2D eigenvalue weighted by Gasteiger charge is 2.15. The van der Waals surface area contributed by atoms with Crippen molar-refractivity contribution in [2.45, 2.75) is 26.4 Å². The van der Waals surface area contributed by atoms with Gasteiger partial charge in [-0.2, -0.15) is 0 Å².